The van der Waals surface area contributed by atoms with E-state index in [4.69, 9.17) is 4.74 Å². The number of ether oxygens (including phenoxy) is 1. The highest BCUT2D eigenvalue weighted by Gasteiger charge is 2.23. The minimum absolute atomic E-state index is 0.0495. The van der Waals surface area contributed by atoms with Gasteiger partial charge in [-0.3, -0.25) is 4.79 Å². The zero-order valence-electron chi connectivity index (χ0n) is 14.8. The van der Waals surface area contributed by atoms with Crippen molar-refractivity contribution >= 4 is 5.91 Å². The van der Waals surface area contributed by atoms with E-state index in [-0.39, 0.29) is 11.9 Å². The predicted molar refractivity (Wildman–Crippen MR) is 96.6 cm³/mol. The zero-order valence-corrected chi connectivity index (χ0v) is 14.8. The van der Waals surface area contributed by atoms with E-state index in [9.17, 15) is 4.79 Å². The molecule has 1 heterocycles. The molecule has 1 aliphatic carbocycles. The van der Waals surface area contributed by atoms with Crippen molar-refractivity contribution in [3.05, 3.63) is 29.3 Å². The van der Waals surface area contributed by atoms with E-state index < -0.39 is 0 Å². The van der Waals surface area contributed by atoms with Gasteiger partial charge in [-0.05, 0) is 44.4 Å². The van der Waals surface area contributed by atoms with Gasteiger partial charge in [0.25, 0.3) is 5.91 Å². The molecule has 24 heavy (non-hydrogen) atoms. The number of rotatable bonds is 6. The van der Waals surface area contributed by atoms with E-state index in [1.165, 1.54) is 32.1 Å². The summed E-state index contributed by atoms with van der Waals surface area (Å²) in [6, 6.07) is 6.02. The largest absolute Gasteiger partial charge is 0.493 e. The number of nitrogens with one attached hydrogen (secondary N) is 2. The Morgan fingerprint density at radius 1 is 1.25 bits per heavy atom. The van der Waals surface area contributed by atoms with E-state index >= 15 is 0 Å². The second-order valence-corrected chi connectivity index (χ2v) is 7.20. The molecule has 0 aromatic heterocycles. The number of amides is 1. The molecule has 2 aliphatic rings. The van der Waals surface area contributed by atoms with Crippen LogP contribution in [0.5, 0.6) is 5.75 Å². The molecular formula is C20H30N2O2. The van der Waals surface area contributed by atoms with Gasteiger partial charge in [0.1, 0.15) is 5.75 Å². The molecule has 0 saturated heterocycles. The maximum absolute atomic E-state index is 12.8. The molecule has 132 valence electrons. The monoisotopic (exact) mass is 330 g/mol. The molecule has 3 rings (SSSR count). The van der Waals surface area contributed by atoms with Crippen LogP contribution in [0.15, 0.2) is 18.2 Å². The second-order valence-electron chi connectivity index (χ2n) is 7.20. The average Bonchev–Trinajstić information content (AvgIpc) is 2.62. The second kappa shape index (κ2) is 8.52. The molecule has 1 aromatic rings. The summed E-state index contributed by atoms with van der Waals surface area (Å²) in [5.41, 5.74) is 1.86. The van der Waals surface area contributed by atoms with E-state index in [1.54, 1.807) is 0 Å². The fourth-order valence-corrected chi connectivity index (χ4v) is 4.13. The lowest BCUT2D eigenvalue weighted by atomic mass is 9.84. The van der Waals surface area contributed by atoms with Gasteiger partial charge < -0.3 is 15.4 Å². The van der Waals surface area contributed by atoms with Crippen molar-refractivity contribution < 1.29 is 9.53 Å². The molecule has 2 N–H and O–H groups in total. The lowest BCUT2D eigenvalue weighted by Crippen LogP contribution is -2.43. The van der Waals surface area contributed by atoms with Gasteiger partial charge in [0.05, 0.1) is 6.61 Å². The number of carbonyl (C=O) groups excluding carboxylic acids is 1. The highest BCUT2D eigenvalue weighted by molar-refractivity contribution is 5.96. The first-order chi connectivity index (χ1) is 11.8. The van der Waals surface area contributed by atoms with Crippen LogP contribution in [-0.2, 0) is 6.42 Å². The summed E-state index contributed by atoms with van der Waals surface area (Å²) in [5, 5.41) is 6.51. The summed E-state index contributed by atoms with van der Waals surface area (Å²) >= 11 is 0. The van der Waals surface area contributed by atoms with Crippen LogP contribution < -0.4 is 15.4 Å². The third-order valence-electron chi connectivity index (χ3n) is 5.33. The fraction of sp³-hybridized carbons (Fsp3) is 0.650. The first kappa shape index (κ1) is 17.3. The average molecular weight is 330 g/mol. The van der Waals surface area contributed by atoms with Crippen LogP contribution in [0.1, 0.15) is 60.9 Å². The van der Waals surface area contributed by atoms with Gasteiger partial charge in [-0.25, -0.2) is 0 Å². The third kappa shape index (κ3) is 4.29. The molecule has 1 amide bonds. The molecule has 0 bridgehead atoms. The number of hydrogen-bond acceptors (Lipinski definition) is 3. The Bertz CT molecular complexity index is 553. The van der Waals surface area contributed by atoms with Gasteiger partial charge in [-0.15, -0.1) is 0 Å². The molecule has 4 heteroatoms. The zero-order chi connectivity index (χ0) is 16.8. The predicted octanol–water partition coefficient (Wildman–Crippen LogP) is 3.30. The van der Waals surface area contributed by atoms with Gasteiger partial charge in [0.2, 0.25) is 0 Å². The van der Waals surface area contributed by atoms with Crippen LogP contribution in [-0.4, -0.2) is 32.1 Å². The number of benzene rings is 1. The van der Waals surface area contributed by atoms with Crippen molar-refractivity contribution in [1.29, 1.82) is 0 Å². The van der Waals surface area contributed by atoms with Crippen LogP contribution in [0.2, 0.25) is 0 Å². The Labute approximate surface area is 145 Å². The van der Waals surface area contributed by atoms with Gasteiger partial charge in [0, 0.05) is 23.7 Å². The quantitative estimate of drug-likeness (QED) is 0.841. The normalized spacial score (nSPS) is 19.2. The molecule has 0 spiro atoms. The van der Waals surface area contributed by atoms with E-state index in [2.05, 4.69) is 10.6 Å². The summed E-state index contributed by atoms with van der Waals surface area (Å²) in [5.74, 6) is 1.69. The van der Waals surface area contributed by atoms with Gasteiger partial charge in [-0.1, -0.05) is 38.2 Å². The van der Waals surface area contributed by atoms with Crippen molar-refractivity contribution in [2.45, 2.75) is 57.4 Å². The maximum atomic E-state index is 12.8. The molecule has 0 unspecified atom stereocenters. The number of fused-ring (bicyclic) bond motifs is 1. The highest BCUT2D eigenvalue weighted by atomic mass is 16.5. The van der Waals surface area contributed by atoms with Crippen molar-refractivity contribution in [2.75, 3.05) is 20.2 Å². The summed E-state index contributed by atoms with van der Waals surface area (Å²) in [6.45, 7) is 1.58. The van der Waals surface area contributed by atoms with Gasteiger partial charge in [0.15, 0.2) is 0 Å². The third-order valence-corrected chi connectivity index (χ3v) is 5.33. The number of hydrogen-bond donors (Lipinski definition) is 2. The smallest absolute Gasteiger partial charge is 0.251 e. The van der Waals surface area contributed by atoms with Crippen molar-refractivity contribution in [3.63, 3.8) is 0 Å². The number of likely N-dealkylation sites (N-methyl/N-ethyl adjacent to an activating group) is 1. The Morgan fingerprint density at radius 2 is 2.08 bits per heavy atom. The van der Waals surface area contributed by atoms with Crippen LogP contribution in [0, 0.1) is 5.92 Å². The summed E-state index contributed by atoms with van der Waals surface area (Å²) in [6.07, 6.45) is 9.67. The van der Waals surface area contributed by atoms with Gasteiger partial charge in [-0.2, -0.15) is 0 Å². The highest BCUT2D eigenvalue weighted by Crippen LogP contribution is 2.29. The topological polar surface area (TPSA) is 50.4 Å². The Hall–Kier alpha value is -1.55. The van der Waals surface area contributed by atoms with E-state index in [0.717, 1.165) is 55.2 Å². The standard InChI is InChI=1S/C20H30N2O2/c1-21-14-16(13-15-7-3-2-4-8-15)22-20(23)18-9-5-11-19-17(18)10-6-12-24-19/h5,9,11,15-16,21H,2-4,6-8,10,12-14H2,1H3,(H,22,23)/t16-/m0/s1. The molecular weight excluding hydrogens is 300 g/mol. The lowest BCUT2D eigenvalue weighted by Gasteiger charge is -2.28. The number of carbonyl (C=O) groups is 1. The van der Waals surface area contributed by atoms with Crippen molar-refractivity contribution in [3.8, 4) is 5.75 Å². The fourth-order valence-electron chi connectivity index (χ4n) is 4.13. The molecule has 1 saturated carbocycles. The summed E-state index contributed by atoms with van der Waals surface area (Å²) < 4.78 is 5.70. The molecule has 4 nitrogen and oxygen atoms in total. The molecule has 0 radical (unpaired) electrons. The first-order valence-electron chi connectivity index (χ1n) is 9.48. The minimum Gasteiger partial charge on any atom is -0.493 e. The van der Waals surface area contributed by atoms with E-state index in [1.807, 2.05) is 25.2 Å². The SMILES string of the molecule is CNC[C@H](CC1CCCCC1)NC(=O)c1cccc2c1CCCO2. The summed E-state index contributed by atoms with van der Waals surface area (Å²) in [7, 11) is 1.96. The van der Waals surface area contributed by atoms with E-state index in [0.29, 0.717) is 0 Å². The van der Waals surface area contributed by atoms with Crippen LogP contribution in [0.25, 0.3) is 0 Å². The maximum Gasteiger partial charge on any atom is 0.251 e. The molecule has 1 aliphatic heterocycles. The lowest BCUT2D eigenvalue weighted by molar-refractivity contribution is 0.0926. The Balaban J connectivity index is 1.66. The first-order valence-corrected chi connectivity index (χ1v) is 9.48. The Kier molecular flexibility index (Phi) is 6.13. The summed E-state index contributed by atoms with van der Waals surface area (Å²) in [4.78, 5) is 12.8. The van der Waals surface area contributed by atoms with Gasteiger partial charge >= 0.3 is 0 Å². The van der Waals surface area contributed by atoms with Crippen LogP contribution in [0.4, 0.5) is 0 Å². The Morgan fingerprint density at radius 3 is 2.88 bits per heavy atom. The van der Waals surface area contributed by atoms with Crippen LogP contribution >= 0.6 is 0 Å². The molecule has 1 atom stereocenters. The van der Waals surface area contributed by atoms with Crippen molar-refractivity contribution in [1.82, 2.24) is 10.6 Å². The molecule has 1 aromatic carbocycles. The minimum atomic E-state index is 0.0495. The molecule has 1 fully saturated rings. The van der Waals surface area contributed by atoms with Crippen molar-refractivity contribution in [2.24, 2.45) is 5.92 Å². The van der Waals surface area contributed by atoms with Crippen LogP contribution in [0.3, 0.4) is 0 Å².